The summed E-state index contributed by atoms with van der Waals surface area (Å²) in [6.07, 6.45) is 0.930. The summed E-state index contributed by atoms with van der Waals surface area (Å²) in [7, 11) is 0. The number of aryl methyl sites for hydroxylation is 2. The molecule has 0 fully saturated rings. The Kier molecular flexibility index (Phi) is 6.16. The molecule has 0 aliphatic carbocycles. The summed E-state index contributed by atoms with van der Waals surface area (Å²) in [5.41, 5.74) is 3.69. The molecule has 0 saturated carbocycles. The van der Waals surface area contributed by atoms with Crippen molar-refractivity contribution in [1.82, 2.24) is 5.32 Å². The Morgan fingerprint density at radius 1 is 1.28 bits per heavy atom. The van der Waals surface area contributed by atoms with Gasteiger partial charge < -0.3 is 15.2 Å². The molecule has 1 aromatic rings. The number of rotatable bonds is 7. The minimum Gasteiger partial charge on any atom is -0.492 e. The van der Waals surface area contributed by atoms with Crippen LogP contribution in [0.4, 0.5) is 0 Å². The Morgan fingerprint density at radius 3 is 2.61 bits per heavy atom. The lowest BCUT2D eigenvalue weighted by molar-refractivity contribution is 0.227. The largest absolute Gasteiger partial charge is 0.492 e. The number of aliphatic hydroxyl groups is 1. The highest BCUT2D eigenvalue weighted by atomic mass is 16.5. The van der Waals surface area contributed by atoms with Crippen LogP contribution in [0.25, 0.3) is 0 Å². The molecule has 1 aromatic carbocycles. The van der Waals surface area contributed by atoms with Gasteiger partial charge in [0, 0.05) is 12.6 Å². The fraction of sp³-hybridized carbons (Fsp3) is 0.600. The van der Waals surface area contributed by atoms with E-state index in [0.29, 0.717) is 6.61 Å². The van der Waals surface area contributed by atoms with Crippen LogP contribution in [0.15, 0.2) is 12.1 Å². The maximum atomic E-state index is 9.06. The number of hydrogen-bond donors (Lipinski definition) is 2. The van der Waals surface area contributed by atoms with Crippen LogP contribution in [0.2, 0.25) is 0 Å². The summed E-state index contributed by atoms with van der Waals surface area (Å²) in [6.45, 7) is 9.89. The van der Waals surface area contributed by atoms with Crippen LogP contribution in [0.1, 0.15) is 30.0 Å². The van der Waals surface area contributed by atoms with Crippen molar-refractivity contribution in [2.24, 2.45) is 0 Å². The lowest BCUT2D eigenvalue weighted by Gasteiger charge is -2.16. The Morgan fingerprint density at radius 2 is 2.00 bits per heavy atom. The van der Waals surface area contributed by atoms with E-state index >= 15 is 0 Å². The topological polar surface area (TPSA) is 41.5 Å². The van der Waals surface area contributed by atoms with E-state index in [0.717, 1.165) is 18.7 Å². The van der Waals surface area contributed by atoms with Crippen LogP contribution in [0.5, 0.6) is 5.75 Å². The zero-order chi connectivity index (χ0) is 13.5. The number of nitrogens with one attached hydrogen (secondary N) is 1. The fourth-order valence-corrected chi connectivity index (χ4v) is 1.91. The first kappa shape index (κ1) is 15.0. The smallest absolute Gasteiger partial charge is 0.122 e. The fourth-order valence-electron chi connectivity index (χ4n) is 1.91. The molecule has 102 valence electrons. The van der Waals surface area contributed by atoms with Crippen molar-refractivity contribution in [3.05, 3.63) is 28.8 Å². The highest BCUT2D eigenvalue weighted by Gasteiger charge is 2.05. The van der Waals surface area contributed by atoms with Crippen molar-refractivity contribution < 1.29 is 9.84 Å². The molecule has 0 saturated heterocycles. The second kappa shape index (κ2) is 7.39. The number of aliphatic hydroxyl groups excluding tert-OH is 1. The molecule has 0 bridgehead atoms. The first-order valence-electron chi connectivity index (χ1n) is 6.63. The quantitative estimate of drug-likeness (QED) is 0.731. The molecular formula is C15H25NO2. The van der Waals surface area contributed by atoms with Crippen LogP contribution in [0, 0.1) is 20.8 Å². The molecule has 0 aliphatic heterocycles. The van der Waals surface area contributed by atoms with Crippen molar-refractivity contribution in [2.45, 2.75) is 40.2 Å². The third-order valence-electron chi connectivity index (χ3n) is 3.27. The zero-order valence-electron chi connectivity index (χ0n) is 11.9. The van der Waals surface area contributed by atoms with Gasteiger partial charge in [-0.25, -0.2) is 0 Å². The number of benzene rings is 1. The van der Waals surface area contributed by atoms with Gasteiger partial charge in [0.25, 0.3) is 0 Å². The summed E-state index contributed by atoms with van der Waals surface area (Å²) in [4.78, 5) is 0. The molecule has 3 heteroatoms. The van der Waals surface area contributed by atoms with Gasteiger partial charge in [-0.2, -0.15) is 0 Å². The summed E-state index contributed by atoms with van der Waals surface area (Å²) in [5, 5.41) is 12.3. The van der Waals surface area contributed by atoms with E-state index in [4.69, 9.17) is 9.84 Å². The standard InChI is InChI=1S/C15H25NO2/c1-5-14(10-17)16-6-7-18-15-9-11(2)8-12(3)13(15)4/h8-9,14,16-17H,5-7,10H2,1-4H3/t14-/m0/s1. The predicted octanol–water partition coefficient (Wildman–Crippen LogP) is 2.35. The van der Waals surface area contributed by atoms with E-state index in [1.165, 1.54) is 16.7 Å². The van der Waals surface area contributed by atoms with Crippen molar-refractivity contribution >= 4 is 0 Å². The summed E-state index contributed by atoms with van der Waals surface area (Å²) < 4.78 is 5.79. The maximum Gasteiger partial charge on any atom is 0.122 e. The van der Waals surface area contributed by atoms with Gasteiger partial charge in [0.05, 0.1) is 6.61 Å². The highest BCUT2D eigenvalue weighted by Crippen LogP contribution is 2.22. The van der Waals surface area contributed by atoms with E-state index in [1.54, 1.807) is 0 Å². The van der Waals surface area contributed by atoms with Crippen molar-refractivity contribution in [1.29, 1.82) is 0 Å². The molecule has 0 aromatic heterocycles. The van der Waals surface area contributed by atoms with Crippen LogP contribution in [0.3, 0.4) is 0 Å². The van der Waals surface area contributed by atoms with Crippen molar-refractivity contribution in [3.8, 4) is 5.75 Å². The average molecular weight is 251 g/mol. The van der Waals surface area contributed by atoms with Crippen LogP contribution < -0.4 is 10.1 Å². The molecule has 0 unspecified atom stereocenters. The van der Waals surface area contributed by atoms with E-state index in [1.807, 2.05) is 0 Å². The molecule has 2 N–H and O–H groups in total. The van der Waals surface area contributed by atoms with E-state index in [9.17, 15) is 0 Å². The molecule has 1 atom stereocenters. The van der Waals surface area contributed by atoms with E-state index in [-0.39, 0.29) is 12.6 Å². The van der Waals surface area contributed by atoms with E-state index < -0.39 is 0 Å². The molecule has 0 spiro atoms. The Labute approximate surface area is 110 Å². The minimum absolute atomic E-state index is 0.175. The molecule has 0 amide bonds. The van der Waals surface area contributed by atoms with Crippen LogP contribution in [-0.2, 0) is 0 Å². The number of hydrogen-bond acceptors (Lipinski definition) is 3. The average Bonchev–Trinajstić information content (AvgIpc) is 2.35. The molecule has 3 nitrogen and oxygen atoms in total. The minimum atomic E-state index is 0.175. The maximum absolute atomic E-state index is 9.06. The van der Waals surface area contributed by atoms with Gasteiger partial charge in [0.15, 0.2) is 0 Å². The molecule has 1 rings (SSSR count). The van der Waals surface area contributed by atoms with Gasteiger partial charge in [-0.3, -0.25) is 0 Å². The second-order valence-corrected chi connectivity index (χ2v) is 4.80. The van der Waals surface area contributed by atoms with Gasteiger partial charge in [-0.05, 0) is 49.9 Å². The normalized spacial score (nSPS) is 12.5. The number of ether oxygens (including phenoxy) is 1. The Balaban J connectivity index is 2.44. The van der Waals surface area contributed by atoms with Gasteiger partial charge in [0.2, 0.25) is 0 Å². The van der Waals surface area contributed by atoms with Gasteiger partial charge in [-0.1, -0.05) is 13.0 Å². The van der Waals surface area contributed by atoms with Gasteiger partial charge >= 0.3 is 0 Å². The third kappa shape index (κ3) is 4.31. The predicted molar refractivity (Wildman–Crippen MR) is 75.3 cm³/mol. The van der Waals surface area contributed by atoms with Gasteiger partial charge in [-0.15, -0.1) is 0 Å². The lowest BCUT2D eigenvalue weighted by atomic mass is 10.1. The van der Waals surface area contributed by atoms with Crippen LogP contribution in [-0.4, -0.2) is 30.9 Å². The summed E-state index contributed by atoms with van der Waals surface area (Å²) >= 11 is 0. The Hall–Kier alpha value is -1.06. The highest BCUT2D eigenvalue weighted by molar-refractivity contribution is 5.41. The second-order valence-electron chi connectivity index (χ2n) is 4.80. The molecule has 18 heavy (non-hydrogen) atoms. The SMILES string of the molecule is CC[C@@H](CO)NCCOc1cc(C)cc(C)c1C. The lowest BCUT2D eigenvalue weighted by Crippen LogP contribution is -2.34. The Bertz CT molecular complexity index is 373. The zero-order valence-corrected chi connectivity index (χ0v) is 11.9. The molecular weight excluding hydrogens is 226 g/mol. The van der Waals surface area contributed by atoms with Crippen LogP contribution >= 0.6 is 0 Å². The molecule has 0 radical (unpaired) electrons. The molecule has 0 aliphatic rings. The molecule has 0 heterocycles. The first-order chi connectivity index (χ1) is 8.58. The van der Waals surface area contributed by atoms with Crippen molar-refractivity contribution in [3.63, 3.8) is 0 Å². The van der Waals surface area contributed by atoms with E-state index in [2.05, 4.69) is 45.1 Å². The first-order valence-corrected chi connectivity index (χ1v) is 6.63. The monoisotopic (exact) mass is 251 g/mol. The summed E-state index contributed by atoms with van der Waals surface area (Å²) in [5.74, 6) is 0.964. The third-order valence-corrected chi connectivity index (χ3v) is 3.27. The summed E-state index contributed by atoms with van der Waals surface area (Å²) in [6, 6.07) is 4.42. The van der Waals surface area contributed by atoms with Gasteiger partial charge in [0.1, 0.15) is 12.4 Å². The van der Waals surface area contributed by atoms with Crippen molar-refractivity contribution in [2.75, 3.05) is 19.8 Å².